The molecule has 6 heteroatoms. The van der Waals surface area contributed by atoms with Crippen molar-refractivity contribution in [2.45, 2.75) is 13.3 Å². The topological polar surface area (TPSA) is 67.4 Å². The van der Waals surface area contributed by atoms with Crippen LogP contribution in [-0.4, -0.2) is 59.2 Å². The third-order valence-electron chi connectivity index (χ3n) is 2.81. The summed E-state index contributed by atoms with van der Waals surface area (Å²) < 4.78 is 1.52. The Labute approximate surface area is 108 Å². The minimum Gasteiger partial charge on any atom is -0.383 e. The minimum atomic E-state index is -0.0377. The first-order valence-electron chi connectivity index (χ1n) is 6.18. The number of nitrogen functional groups attached to an aromatic ring is 1. The average molecular weight is 253 g/mol. The van der Waals surface area contributed by atoms with Crippen LogP contribution in [0.3, 0.4) is 0 Å². The number of aromatic nitrogens is 2. The van der Waals surface area contributed by atoms with Gasteiger partial charge in [0.2, 0.25) is 0 Å². The van der Waals surface area contributed by atoms with Crippen LogP contribution in [0.5, 0.6) is 0 Å². The number of anilines is 1. The summed E-state index contributed by atoms with van der Waals surface area (Å²) in [6, 6.07) is 0. The molecular weight excluding hydrogens is 230 g/mol. The Kier molecular flexibility index (Phi) is 5.15. The maximum absolute atomic E-state index is 12.4. The molecule has 0 saturated carbocycles. The number of hydrogen-bond donors (Lipinski definition) is 1. The summed E-state index contributed by atoms with van der Waals surface area (Å²) in [7, 11) is 5.72. The standard InChI is InChI=1S/C12H23N5O/c1-5-6-17(8-7-15(2)3)12(18)10-9-14-16(4)11(10)13/h9H,5-8,13H2,1-4H3. The molecule has 102 valence electrons. The Morgan fingerprint density at radius 1 is 1.39 bits per heavy atom. The molecule has 1 aromatic heterocycles. The van der Waals surface area contributed by atoms with Crippen LogP contribution < -0.4 is 5.73 Å². The quantitative estimate of drug-likeness (QED) is 0.797. The van der Waals surface area contributed by atoms with Crippen molar-refractivity contribution in [3.05, 3.63) is 11.8 Å². The second kappa shape index (κ2) is 6.39. The number of nitrogens with two attached hydrogens (primary N) is 1. The zero-order chi connectivity index (χ0) is 13.7. The van der Waals surface area contributed by atoms with E-state index in [0.29, 0.717) is 17.9 Å². The van der Waals surface area contributed by atoms with Gasteiger partial charge in [-0.1, -0.05) is 6.92 Å². The molecule has 1 rings (SSSR count). The fourth-order valence-electron chi connectivity index (χ4n) is 1.69. The van der Waals surface area contributed by atoms with Gasteiger partial charge in [-0.2, -0.15) is 5.10 Å². The molecule has 18 heavy (non-hydrogen) atoms. The maximum Gasteiger partial charge on any atom is 0.259 e. The molecule has 0 aliphatic carbocycles. The van der Waals surface area contributed by atoms with Gasteiger partial charge in [-0.05, 0) is 20.5 Å². The molecule has 0 aliphatic rings. The predicted octanol–water partition coefficient (Wildman–Crippen LogP) is 0.416. The lowest BCUT2D eigenvalue weighted by Crippen LogP contribution is -2.37. The van der Waals surface area contributed by atoms with Gasteiger partial charge in [0.05, 0.1) is 6.20 Å². The van der Waals surface area contributed by atoms with E-state index >= 15 is 0 Å². The zero-order valence-corrected chi connectivity index (χ0v) is 11.7. The predicted molar refractivity (Wildman–Crippen MR) is 72.4 cm³/mol. The normalized spacial score (nSPS) is 10.9. The highest BCUT2D eigenvalue weighted by Crippen LogP contribution is 2.12. The monoisotopic (exact) mass is 253 g/mol. The van der Waals surface area contributed by atoms with E-state index in [4.69, 9.17) is 5.73 Å². The van der Waals surface area contributed by atoms with Gasteiger partial charge in [0.1, 0.15) is 11.4 Å². The van der Waals surface area contributed by atoms with Crippen molar-refractivity contribution in [2.24, 2.45) is 7.05 Å². The number of amides is 1. The molecule has 0 spiro atoms. The summed E-state index contributed by atoms with van der Waals surface area (Å²) in [6.45, 7) is 4.34. The molecule has 0 atom stereocenters. The van der Waals surface area contributed by atoms with E-state index in [9.17, 15) is 4.79 Å². The summed E-state index contributed by atoms with van der Waals surface area (Å²) in [5.74, 6) is 0.384. The van der Waals surface area contributed by atoms with Gasteiger partial charge >= 0.3 is 0 Å². The van der Waals surface area contributed by atoms with Crippen LogP contribution in [0, 0.1) is 0 Å². The number of carbonyl (C=O) groups excluding carboxylic acids is 1. The van der Waals surface area contributed by atoms with E-state index in [2.05, 4.69) is 16.9 Å². The Morgan fingerprint density at radius 2 is 2.06 bits per heavy atom. The van der Waals surface area contributed by atoms with E-state index in [1.54, 1.807) is 7.05 Å². The molecule has 0 unspecified atom stereocenters. The number of hydrogen-bond acceptors (Lipinski definition) is 4. The van der Waals surface area contributed by atoms with E-state index in [-0.39, 0.29) is 5.91 Å². The zero-order valence-electron chi connectivity index (χ0n) is 11.7. The third kappa shape index (κ3) is 3.46. The van der Waals surface area contributed by atoms with Crippen molar-refractivity contribution < 1.29 is 4.79 Å². The fraction of sp³-hybridized carbons (Fsp3) is 0.667. The number of nitrogens with zero attached hydrogens (tertiary/aromatic N) is 4. The van der Waals surface area contributed by atoms with Gasteiger partial charge in [0.15, 0.2) is 0 Å². The molecule has 0 saturated heterocycles. The van der Waals surface area contributed by atoms with Gasteiger partial charge in [-0.3, -0.25) is 9.48 Å². The first-order valence-corrected chi connectivity index (χ1v) is 6.18. The summed E-state index contributed by atoms with van der Waals surface area (Å²) in [6.07, 6.45) is 2.47. The average Bonchev–Trinajstić information content (AvgIpc) is 2.64. The van der Waals surface area contributed by atoms with E-state index in [1.165, 1.54) is 10.9 Å². The van der Waals surface area contributed by atoms with Crippen LogP contribution in [-0.2, 0) is 7.05 Å². The number of aryl methyl sites for hydroxylation is 1. The van der Waals surface area contributed by atoms with Crippen molar-refractivity contribution in [3.8, 4) is 0 Å². The van der Waals surface area contributed by atoms with Crippen molar-refractivity contribution in [1.82, 2.24) is 19.6 Å². The van der Waals surface area contributed by atoms with Gasteiger partial charge in [0, 0.05) is 26.7 Å². The Hall–Kier alpha value is -1.56. The highest BCUT2D eigenvalue weighted by Gasteiger charge is 2.19. The highest BCUT2D eigenvalue weighted by atomic mass is 16.2. The first-order chi connectivity index (χ1) is 8.47. The van der Waals surface area contributed by atoms with Crippen molar-refractivity contribution in [2.75, 3.05) is 39.5 Å². The number of likely N-dealkylation sites (N-methyl/N-ethyl adjacent to an activating group) is 1. The Bertz CT molecular complexity index is 399. The maximum atomic E-state index is 12.4. The molecule has 6 nitrogen and oxygen atoms in total. The summed E-state index contributed by atoms with van der Waals surface area (Å²) >= 11 is 0. The van der Waals surface area contributed by atoms with Crippen molar-refractivity contribution >= 4 is 11.7 Å². The molecule has 0 radical (unpaired) electrons. The van der Waals surface area contributed by atoms with Crippen molar-refractivity contribution in [1.29, 1.82) is 0 Å². The number of carbonyl (C=O) groups is 1. The largest absolute Gasteiger partial charge is 0.383 e. The van der Waals surface area contributed by atoms with Crippen LogP contribution >= 0.6 is 0 Å². The summed E-state index contributed by atoms with van der Waals surface area (Å²) in [4.78, 5) is 16.2. The van der Waals surface area contributed by atoms with Gasteiger partial charge in [-0.25, -0.2) is 0 Å². The van der Waals surface area contributed by atoms with Gasteiger partial charge in [0.25, 0.3) is 5.91 Å². The lowest BCUT2D eigenvalue weighted by Gasteiger charge is -2.23. The van der Waals surface area contributed by atoms with Crippen LogP contribution in [0.4, 0.5) is 5.82 Å². The minimum absolute atomic E-state index is 0.0377. The molecule has 1 heterocycles. The third-order valence-corrected chi connectivity index (χ3v) is 2.81. The van der Waals surface area contributed by atoms with Crippen molar-refractivity contribution in [3.63, 3.8) is 0 Å². The van der Waals surface area contributed by atoms with Crippen LogP contribution in [0.15, 0.2) is 6.20 Å². The summed E-state index contributed by atoms with van der Waals surface area (Å²) in [5.41, 5.74) is 6.33. The Morgan fingerprint density at radius 3 is 2.50 bits per heavy atom. The first kappa shape index (κ1) is 14.5. The molecule has 0 bridgehead atoms. The molecule has 0 fully saturated rings. The lowest BCUT2D eigenvalue weighted by atomic mass is 10.2. The van der Waals surface area contributed by atoms with Crippen LogP contribution in [0.25, 0.3) is 0 Å². The van der Waals surface area contributed by atoms with Gasteiger partial charge in [-0.15, -0.1) is 0 Å². The fourth-order valence-corrected chi connectivity index (χ4v) is 1.69. The van der Waals surface area contributed by atoms with E-state index in [1.807, 2.05) is 19.0 Å². The van der Waals surface area contributed by atoms with E-state index in [0.717, 1.165) is 19.5 Å². The SMILES string of the molecule is CCCN(CCN(C)C)C(=O)c1cnn(C)c1N. The molecule has 0 aromatic carbocycles. The van der Waals surface area contributed by atoms with E-state index < -0.39 is 0 Å². The highest BCUT2D eigenvalue weighted by molar-refractivity contribution is 5.98. The molecule has 1 amide bonds. The smallest absolute Gasteiger partial charge is 0.259 e. The van der Waals surface area contributed by atoms with Crippen LogP contribution in [0.1, 0.15) is 23.7 Å². The molecule has 2 N–H and O–H groups in total. The summed E-state index contributed by atoms with van der Waals surface area (Å²) in [5, 5.41) is 4.01. The van der Waals surface area contributed by atoms with Gasteiger partial charge < -0.3 is 15.5 Å². The number of rotatable bonds is 6. The Balaban J connectivity index is 2.79. The molecule has 1 aromatic rings. The van der Waals surface area contributed by atoms with Crippen LogP contribution in [0.2, 0.25) is 0 Å². The molecular formula is C12H23N5O. The lowest BCUT2D eigenvalue weighted by molar-refractivity contribution is 0.0746. The second-order valence-electron chi connectivity index (χ2n) is 4.66. The second-order valence-corrected chi connectivity index (χ2v) is 4.66. The molecule has 0 aliphatic heterocycles.